The lowest BCUT2D eigenvalue weighted by molar-refractivity contribution is -0.137. The summed E-state index contributed by atoms with van der Waals surface area (Å²) in [4.78, 5) is 25.6. The largest absolute Gasteiger partial charge is 0.416 e. The van der Waals surface area contributed by atoms with Crippen LogP contribution >= 0.6 is 0 Å². The van der Waals surface area contributed by atoms with E-state index in [1.807, 2.05) is 0 Å². The van der Waals surface area contributed by atoms with E-state index < -0.39 is 17.6 Å². The monoisotopic (exact) mass is 363 g/mol. The fourth-order valence-corrected chi connectivity index (χ4v) is 2.61. The summed E-state index contributed by atoms with van der Waals surface area (Å²) in [5.74, 6) is -0.512. The van der Waals surface area contributed by atoms with E-state index in [0.717, 1.165) is 30.7 Å². The molecule has 1 aliphatic rings. The fraction of sp³-hybridized carbons (Fsp3) is 0.222. The molecule has 2 aromatic carbocycles. The Morgan fingerprint density at radius 3 is 2.27 bits per heavy atom. The van der Waals surface area contributed by atoms with Gasteiger partial charge in [-0.15, -0.1) is 0 Å². The van der Waals surface area contributed by atoms with E-state index in [2.05, 4.69) is 10.6 Å². The minimum Gasteiger partial charge on any atom is -0.338 e. The van der Waals surface area contributed by atoms with Gasteiger partial charge in [0.15, 0.2) is 0 Å². The number of hydrogen-bond acceptors (Lipinski definition) is 2. The van der Waals surface area contributed by atoms with Crippen LogP contribution in [0.5, 0.6) is 0 Å². The van der Waals surface area contributed by atoms with Crippen LogP contribution in [0.2, 0.25) is 0 Å². The van der Waals surface area contributed by atoms with Crippen molar-refractivity contribution in [1.82, 2.24) is 5.32 Å². The van der Waals surface area contributed by atoms with E-state index in [0.29, 0.717) is 24.5 Å². The summed E-state index contributed by atoms with van der Waals surface area (Å²) in [5.41, 5.74) is 0.501. The Morgan fingerprint density at radius 2 is 1.69 bits per heavy atom. The van der Waals surface area contributed by atoms with Crippen molar-refractivity contribution in [3.05, 3.63) is 59.7 Å². The number of benzene rings is 2. The van der Waals surface area contributed by atoms with Crippen LogP contribution in [0.15, 0.2) is 48.5 Å². The third-order valence-corrected chi connectivity index (χ3v) is 3.99. The van der Waals surface area contributed by atoms with Crippen LogP contribution in [-0.2, 0) is 6.18 Å². The predicted molar refractivity (Wildman–Crippen MR) is 91.2 cm³/mol. The molecule has 0 spiro atoms. The van der Waals surface area contributed by atoms with Gasteiger partial charge in [-0.1, -0.05) is 0 Å². The summed E-state index contributed by atoms with van der Waals surface area (Å²) in [6.07, 6.45) is -3.59. The van der Waals surface area contributed by atoms with Crippen molar-refractivity contribution in [2.24, 2.45) is 0 Å². The summed E-state index contributed by atoms with van der Waals surface area (Å²) in [6.45, 7) is 1.26. The number of anilines is 2. The van der Waals surface area contributed by atoms with Crippen LogP contribution in [0.3, 0.4) is 0 Å². The number of halogens is 3. The maximum absolute atomic E-state index is 12.6. The molecule has 26 heavy (non-hydrogen) atoms. The van der Waals surface area contributed by atoms with Crippen LogP contribution in [0.4, 0.5) is 29.3 Å². The zero-order valence-electron chi connectivity index (χ0n) is 13.6. The first-order chi connectivity index (χ1) is 12.3. The van der Waals surface area contributed by atoms with Crippen LogP contribution in [0, 0.1) is 0 Å². The van der Waals surface area contributed by atoms with Gasteiger partial charge in [-0.05, 0) is 55.0 Å². The molecule has 5 nitrogen and oxygen atoms in total. The molecule has 3 rings (SSSR count). The van der Waals surface area contributed by atoms with Gasteiger partial charge in [-0.3, -0.25) is 9.69 Å². The first-order valence-electron chi connectivity index (χ1n) is 7.98. The second kappa shape index (κ2) is 7.07. The molecule has 2 aromatic rings. The van der Waals surface area contributed by atoms with Crippen molar-refractivity contribution >= 4 is 23.3 Å². The summed E-state index contributed by atoms with van der Waals surface area (Å²) in [5, 5.41) is 5.37. The molecule has 1 saturated heterocycles. The normalized spacial score (nSPS) is 14.7. The first kappa shape index (κ1) is 17.8. The molecule has 0 bridgehead atoms. The molecule has 2 N–H and O–H groups in total. The molecule has 0 atom stereocenters. The lowest BCUT2D eigenvalue weighted by Crippen LogP contribution is -2.46. The SMILES string of the molecule is O=C(Nc1ccc(N2CCCNC2=O)cc1)c1ccc(C(F)(F)F)cc1. The molecule has 1 heterocycles. The number of carbonyl (C=O) groups excluding carboxylic acids is 2. The topological polar surface area (TPSA) is 61.4 Å². The van der Waals surface area contributed by atoms with Gasteiger partial charge >= 0.3 is 12.2 Å². The molecule has 1 fully saturated rings. The van der Waals surface area contributed by atoms with Crippen LogP contribution in [-0.4, -0.2) is 25.0 Å². The number of carbonyl (C=O) groups is 2. The Labute approximate surface area is 147 Å². The highest BCUT2D eigenvalue weighted by Gasteiger charge is 2.30. The number of nitrogens with one attached hydrogen (secondary N) is 2. The van der Waals surface area contributed by atoms with E-state index >= 15 is 0 Å². The Bertz CT molecular complexity index is 802. The Balaban J connectivity index is 1.67. The van der Waals surface area contributed by atoms with Gasteiger partial charge in [0, 0.05) is 30.0 Å². The number of alkyl halides is 3. The Morgan fingerprint density at radius 1 is 1.04 bits per heavy atom. The lowest BCUT2D eigenvalue weighted by atomic mass is 10.1. The van der Waals surface area contributed by atoms with Crippen molar-refractivity contribution in [2.45, 2.75) is 12.6 Å². The highest BCUT2D eigenvalue weighted by Crippen LogP contribution is 2.29. The fourth-order valence-electron chi connectivity index (χ4n) is 2.61. The predicted octanol–water partition coefficient (Wildman–Crippen LogP) is 3.88. The quantitative estimate of drug-likeness (QED) is 0.869. The third-order valence-electron chi connectivity index (χ3n) is 3.99. The van der Waals surface area contributed by atoms with Crippen LogP contribution in [0.25, 0.3) is 0 Å². The van der Waals surface area contributed by atoms with Gasteiger partial charge in [-0.2, -0.15) is 13.2 Å². The van der Waals surface area contributed by atoms with Crippen LogP contribution in [0.1, 0.15) is 22.3 Å². The van der Waals surface area contributed by atoms with Crippen molar-refractivity contribution in [3.8, 4) is 0 Å². The number of rotatable bonds is 3. The van der Waals surface area contributed by atoms with Crippen molar-refractivity contribution in [3.63, 3.8) is 0 Å². The van der Waals surface area contributed by atoms with Crippen molar-refractivity contribution in [1.29, 1.82) is 0 Å². The van der Waals surface area contributed by atoms with Gasteiger partial charge in [0.2, 0.25) is 0 Å². The maximum Gasteiger partial charge on any atom is 0.416 e. The lowest BCUT2D eigenvalue weighted by Gasteiger charge is -2.27. The Kier molecular flexibility index (Phi) is 4.83. The molecule has 0 saturated carbocycles. The number of urea groups is 1. The third kappa shape index (κ3) is 3.96. The minimum absolute atomic E-state index is 0.123. The summed E-state index contributed by atoms with van der Waals surface area (Å²) < 4.78 is 37.7. The average Bonchev–Trinajstić information content (AvgIpc) is 2.62. The minimum atomic E-state index is -4.44. The number of hydrogen-bond donors (Lipinski definition) is 2. The first-order valence-corrected chi connectivity index (χ1v) is 7.98. The van der Waals surface area contributed by atoms with E-state index in [1.165, 1.54) is 0 Å². The summed E-state index contributed by atoms with van der Waals surface area (Å²) >= 11 is 0. The summed E-state index contributed by atoms with van der Waals surface area (Å²) in [7, 11) is 0. The Hall–Kier alpha value is -3.03. The molecule has 0 aromatic heterocycles. The molecule has 136 valence electrons. The van der Waals surface area contributed by atoms with Gasteiger partial charge in [0.05, 0.1) is 5.56 Å². The van der Waals surface area contributed by atoms with Gasteiger partial charge in [0.1, 0.15) is 0 Å². The standard InChI is InChI=1S/C18H16F3N3O2/c19-18(20,21)13-4-2-12(3-5-13)16(25)23-14-6-8-15(9-7-14)24-11-1-10-22-17(24)26/h2-9H,1,10-11H2,(H,22,26)(H,23,25). The smallest absolute Gasteiger partial charge is 0.338 e. The molecule has 3 amide bonds. The van der Waals surface area contributed by atoms with Crippen LogP contribution < -0.4 is 15.5 Å². The van der Waals surface area contributed by atoms with E-state index in [1.54, 1.807) is 29.2 Å². The average molecular weight is 363 g/mol. The van der Waals surface area contributed by atoms with E-state index in [9.17, 15) is 22.8 Å². The highest BCUT2D eigenvalue weighted by atomic mass is 19.4. The second-order valence-corrected chi connectivity index (χ2v) is 5.81. The summed E-state index contributed by atoms with van der Waals surface area (Å²) in [6, 6.07) is 10.5. The number of nitrogens with zero attached hydrogens (tertiary/aromatic N) is 1. The molecular weight excluding hydrogens is 347 g/mol. The zero-order valence-corrected chi connectivity index (χ0v) is 13.6. The second-order valence-electron chi connectivity index (χ2n) is 5.81. The zero-order chi connectivity index (χ0) is 18.7. The van der Waals surface area contributed by atoms with E-state index in [-0.39, 0.29) is 11.6 Å². The van der Waals surface area contributed by atoms with Crippen molar-refractivity contribution in [2.75, 3.05) is 23.3 Å². The van der Waals surface area contributed by atoms with Gasteiger partial charge < -0.3 is 10.6 Å². The molecule has 0 aliphatic carbocycles. The molecule has 1 aliphatic heterocycles. The maximum atomic E-state index is 12.6. The molecule has 8 heteroatoms. The molecular formula is C18H16F3N3O2. The highest BCUT2D eigenvalue weighted by molar-refractivity contribution is 6.04. The number of amides is 3. The van der Waals surface area contributed by atoms with Gasteiger partial charge in [0.25, 0.3) is 5.91 Å². The van der Waals surface area contributed by atoms with E-state index in [4.69, 9.17) is 0 Å². The van der Waals surface area contributed by atoms with Gasteiger partial charge in [-0.25, -0.2) is 4.79 Å². The molecule has 0 unspecified atom stereocenters. The molecule has 0 radical (unpaired) electrons. The van der Waals surface area contributed by atoms with Crippen molar-refractivity contribution < 1.29 is 22.8 Å².